The summed E-state index contributed by atoms with van der Waals surface area (Å²) in [5.41, 5.74) is -0.467. The fourth-order valence-corrected chi connectivity index (χ4v) is 3.68. The van der Waals surface area contributed by atoms with Crippen molar-refractivity contribution in [1.29, 1.82) is 0 Å². The number of ether oxygens (including phenoxy) is 1. The predicted octanol–water partition coefficient (Wildman–Crippen LogP) is 2.58. The third-order valence-electron chi connectivity index (χ3n) is 4.91. The van der Waals surface area contributed by atoms with Crippen LogP contribution < -0.4 is 0 Å². The van der Waals surface area contributed by atoms with Gasteiger partial charge in [0.25, 0.3) is 0 Å². The van der Waals surface area contributed by atoms with E-state index in [-0.39, 0.29) is 12.0 Å². The maximum atomic E-state index is 12.5. The summed E-state index contributed by atoms with van der Waals surface area (Å²) in [6, 6.07) is 0. The first-order chi connectivity index (χ1) is 11.7. The minimum Gasteiger partial charge on any atom is -0.444 e. The van der Waals surface area contributed by atoms with Crippen molar-refractivity contribution in [3.63, 3.8) is 0 Å². The van der Waals surface area contributed by atoms with Crippen molar-refractivity contribution >= 4 is 12.0 Å². The third-order valence-corrected chi connectivity index (χ3v) is 4.91. The number of carbonyl (C=O) groups excluding carboxylic acids is 2. The van der Waals surface area contributed by atoms with E-state index in [1.54, 1.807) is 11.9 Å². The largest absolute Gasteiger partial charge is 0.444 e. The smallest absolute Gasteiger partial charge is 0.410 e. The lowest BCUT2D eigenvalue weighted by molar-refractivity contribution is -0.133. The van der Waals surface area contributed by atoms with Gasteiger partial charge in [-0.15, -0.1) is 0 Å². The number of hydrogen-bond acceptors (Lipinski definition) is 4. The minimum absolute atomic E-state index is 0.265. The van der Waals surface area contributed by atoms with E-state index in [4.69, 9.17) is 4.74 Å². The van der Waals surface area contributed by atoms with Gasteiger partial charge in [0.15, 0.2) is 0 Å². The summed E-state index contributed by atoms with van der Waals surface area (Å²) in [5, 5.41) is 0. The summed E-state index contributed by atoms with van der Waals surface area (Å²) in [4.78, 5) is 30.5. The Kier molecular flexibility index (Phi) is 7.11. The molecule has 2 saturated heterocycles. The van der Waals surface area contributed by atoms with Crippen molar-refractivity contribution in [3.8, 4) is 0 Å². The Morgan fingerprint density at radius 1 is 1.08 bits per heavy atom. The molecule has 0 aromatic carbocycles. The first kappa shape index (κ1) is 20.0. The Hall–Kier alpha value is -1.30. The molecule has 2 aliphatic heterocycles. The third kappa shape index (κ3) is 6.84. The molecule has 2 heterocycles. The SMILES string of the molecule is CN(CC1CCCN(CC(=O)N2CCCCC2)C1)C(=O)OC(C)(C)C. The molecule has 1 unspecified atom stereocenters. The minimum atomic E-state index is -0.467. The average molecular weight is 354 g/mol. The van der Waals surface area contributed by atoms with Gasteiger partial charge in [-0.1, -0.05) is 0 Å². The molecule has 0 aromatic heterocycles. The van der Waals surface area contributed by atoms with Gasteiger partial charge in [-0.3, -0.25) is 9.69 Å². The van der Waals surface area contributed by atoms with E-state index in [2.05, 4.69) is 4.90 Å². The topological polar surface area (TPSA) is 53.1 Å². The Morgan fingerprint density at radius 2 is 1.76 bits per heavy atom. The van der Waals surface area contributed by atoms with E-state index in [1.807, 2.05) is 25.7 Å². The van der Waals surface area contributed by atoms with Gasteiger partial charge in [0.1, 0.15) is 5.60 Å². The summed E-state index contributed by atoms with van der Waals surface area (Å²) in [5.74, 6) is 0.668. The van der Waals surface area contributed by atoms with Crippen LogP contribution in [0, 0.1) is 5.92 Å². The van der Waals surface area contributed by atoms with Gasteiger partial charge in [0.2, 0.25) is 5.91 Å². The van der Waals surface area contributed by atoms with Gasteiger partial charge in [-0.2, -0.15) is 0 Å². The molecule has 144 valence electrons. The highest BCUT2D eigenvalue weighted by Crippen LogP contribution is 2.19. The zero-order valence-electron chi connectivity index (χ0n) is 16.4. The Morgan fingerprint density at radius 3 is 2.40 bits per heavy atom. The lowest BCUT2D eigenvalue weighted by Gasteiger charge is -2.36. The van der Waals surface area contributed by atoms with E-state index in [9.17, 15) is 9.59 Å². The van der Waals surface area contributed by atoms with Gasteiger partial charge in [0, 0.05) is 33.2 Å². The summed E-state index contributed by atoms with van der Waals surface area (Å²) < 4.78 is 5.42. The maximum absolute atomic E-state index is 12.5. The van der Waals surface area contributed by atoms with E-state index in [0.29, 0.717) is 19.0 Å². The summed E-state index contributed by atoms with van der Waals surface area (Å²) in [6.07, 6.45) is 5.42. The summed E-state index contributed by atoms with van der Waals surface area (Å²) in [6.45, 7) is 10.5. The van der Waals surface area contributed by atoms with Gasteiger partial charge in [0.05, 0.1) is 6.54 Å². The molecule has 1 atom stereocenters. The highest BCUT2D eigenvalue weighted by molar-refractivity contribution is 5.78. The van der Waals surface area contributed by atoms with Gasteiger partial charge in [-0.25, -0.2) is 4.79 Å². The van der Waals surface area contributed by atoms with Crippen LogP contribution >= 0.6 is 0 Å². The summed E-state index contributed by atoms with van der Waals surface area (Å²) in [7, 11) is 1.80. The van der Waals surface area contributed by atoms with Gasteiger partial charge < -0.3 is 14.5 Å². The van der Waals surface area contributed by atoms with Crippen molar-refractivity contribution in [1.82, 2.24) is 14.7 Å². The molecular weight excluding hydrogens is 318 g/mol. The standard InChI is InChI=1S/C19H35N3O3/c1-19(2,3)25-18(24)20(4)13-16-9-8-10-21(14-16)15-17(23)22-11-6-5-7-12-22/h16H,5-15H2,1-4H3. The second kappa shape index (κ2) is 8.88. The van der Waals surface area contributed by atoms with Crippen LogP contribution in [-0.2, 0) is 9.53 Å². The zero-order valence-corrected chi connectivity index (χ0v) is 16.4. The molecule has 0 saturated carbocycles. The number of rotatable bonds is 4. The summed E-state index contributed by atoms with van der Waals surface area (Å²) >= 11 is 0. The Balaban J connectivity index is 1.77. The lowest BCUT2D eigenvalue weighted by Crippen LogP contribution is -2.47. The average Bonchev–Trinajstić information content (AvgIpc) is 2.54. The molecule has 6 nitrogen and oxygen atoms in total. The molecule has 0 aliphatic carbocycles. The Bertz CT molecular complexity index is 455. The molecule has 2 amide bonds. The van der Waals surface area contributed by atoms with Crippen molar-refractivity contribution in [2.75, 3.05) is 46.3 Å². The highest BCUT2D eigenvalue weighted by Gasteiger charge is 2.27. The first-order valence-electron chi connectivity index (χ1n) is 9.69. The van der Waals surface area contributed by atoms with Crippen molar-refractivity contribution in [2.45, 2.75) is 58.5 Å². The normalized spacial score (nSPS) is 22.6. The highest BCUT2D eigenvalue weighted by atomic mass is 16.6. The van der Waals surface area contributed by atoms with Crippen LogP contribution in [-0.4, -0.2) is 78.6 Å². The number of amides is 2. The molecule has 2 fully saturated rings. The first-order valence-corrected chi connectivity index (χ1v) is 9.69. The van der Waals surface area contributed by atoms with Crippen LogP contribution in [0.2, 0.25) is 0 Å². The fraction of sp³-hybridized carbons (Fsp3) is 0.895. The van der Waals surface area contributed by atoms with Crippen LogP contribution in [0.25, 0.3) is 0 Å². The lowest BCUT2D eigenvalue weighted by atomic mass is 9.97. The zero-order chi connectivity index (χ0) is 18.4. The van der Waals surface area contributed by atoms with Gasteiger partial charge in [-0.05, 0) is 65.3 Å². The van der Waals surface area contributed by atoms with Crippen LogP contribution in [0.15, 0.2) is 0 Å². The molecule has 25 heavy (non-hydrogen) atoms. The fourth-order valence-electron chi connectivity index (χ4n) is 3.68. The van der Waals surface area contributed by atoms with E-state index in [1.165, 1.54) is 6.42 Å². The van der Waals surface area contributed by atoms with Crippen molar-refractivity contribution in [2.24, 2.45) is 5.92 Å². The number of hydrogen-bond donors (Lipinski definition) is 0. The second-order valence-corrected chi connectivity index (χ2v) is 8.55. The molecular formula is C19H35N3O3. The maximum Gasteiger partial charge on any atom is 0.410 e. The number of nitrogens with zero attached hydrogens (tertiary/aromatic N) is 3. The monoisotopic (exact) mass is 353 g/mol. The Labute approximate surface area is 152 Å². The van der Waals surface area contributed by atoms with Gasteiger partial charge >= 0.3 is 6.09 Å². The number of carbonyl (C=O) groups is 2. The molecule has 0 radical (unpaired) electrons. The van der Waals surface area contributed by atoms with Crippen LogP contribution in [0.3, 0.4) is 0 Å². The van der Waals surface area contributed by atoms with Crippen LogP contribution in [0.1, 0.15) is 52.9 Å². The quantitative estimate of drug-likeness (QED) is 0.779. The molecule has 0 spiro atoms. The van der Waals surface area contributed by atoms with Crippen molar-refractivity contribution < 1.29 is 14.3 Å². The number of likely N-dealkylation sites (tertiary alicyclic amines) is 2. The van der Waals surface area contributed by atoms with Crippen LogP contribution in [0.5, 0.6) is 0 Å². The van der Waals surface area contributed by atoms with E-state index >= 15 is 0 Å². The molecule has 0 aromatic rings. The molecule has 2 rings (SSSR count). The van der Waals surface area contributed by atoms with E-state index < -0.39 is 5.60 Å². The van der Waals surface area contributed by atoms with E-state index in [0.717, 1.165) is 51.9 Å². The second-order valence-electron chi connectivity index (χ2n) is 8.55. The van der Waals surface area contributed by atoms with Crippen LogP contribution in [0.4, 0.5) is 4.79 Å². The molecule has 6 heteroatoms. The predicted molar refractivity (Wildman–Crippen MR) is 98.5 cm³/mol. The number of piperidine rings is 2. The molecule has 2 aliphatic rings. The molecule has 0 N–H and O–H groups in total. The molecule has 0 bridgehead atoms. The van der Waals surface area contributed by atoms with Crippen molar-refractivity contribution in [3.05, 3.63) is 0 Å².